The molecular weight excluding hydrogens is 270 g/mol. The van der Waals surface area contributed by atoms with Gasteiger partial charge in [0.25, 0.3) is 0 Å². The SMILES string of the molecule is CNCC1CCCCCC1c1cc2cccc(Cl)c2o1. The van der Waals surface area contributed by atoms with Gasteiger partial charge in [-0.2, -0.15) is 0 Å². The van der Waals surface area contributed by atoms with Crippen LogP contribution in [0.15, 0.2) is 28.7 Å². The van der Waals surface area contributed by atoms with Gasteiger partial charge in [-0.15, -0.1) is 0 Å². The maximum atomic E-state index is 6.23. The summed E-state index contributed by atoms with van der Waals surface area (Å²) in [7, 11) is 2.04. The highest BCUT2D eigenvalue weighted by Crippen LogP contribution is 2.39. The van der Waals surface area contributed by atoms with Crippen LogP contribution in [0.3, 0.4) is 0 Å². The molecule has 1 heterocycles. The summed E-state index contributed by atoms with van der Waals surface area (Å²) in [5.41, 5.74) is 0.844. The van der Waals surface area contributed by atoms with Crippen LogP contribution in [0.4, 0.5) is 0 Å². The molecule has 108 valence electrons. The van der Waals surface area contributed by atoms with Crippen LogP contribution < -0.4 is 5.32 Å². The van der Waals surface area contributed by atoms with Gasteiger partial charge in [0, 0.05) is 11.3 Å². The van der Waals surface area contributed by atoms with Gasteiger partial charge in [0.05, 0.1) is 5.02 Å². The summed E-state index contributed by atoms with van der Waals surface area (Å²) in [6, 6.07) is 8.16. The maximum Gasteiger partial charge on any atom is 0.152 e. The van der Waals surface area contributed by atoms with Gasteiger partial charge in [-0.05, 0) is 44.5 Å². The Morgan fingerprint density at radius 1 is 1.25 bits per heavy atom. The van der Waals surface area contributed by atoms with Crippen LogP contribution in [0, 0.1) is 5.92 Å². The fourth-order valence-electron chi connectivity index (χ4n) is 3.50. The number of fused-ring (bicyclic) bond motifs is 1. The van der Waals surface area contributed by atoms with Gasteiger partial charge in [-0.1, -0.05) is 43.0 Å². The van der Waals surface area contributed by atoms with Crippen LogP contribution in [0.5, 0.6) is 0 Å². The number of hydrogen-bond donors (Lipinski definition) is 1. The number of para-hydroxylation sites is 1. The first-order chi connectivity index (χ1) is 9.79. The van der Waals surface area contributed by atoms with Gasteiger partial charge < -0.3 is 9.73 Å². The Labute approximate surface area is 125 Å². The van der Waals surface area contributed by atoms with Gasteiger partial charge in [-0.3, -0.25) is 0 Å². The standard InChI is InChI=1S/C17H22ClNO/c1-19-11-13-6-3-2-4-8-14(13)16-10-12-7-5-9-15(18)17(12)20-16/h5,7,9-10,13-14,19H,2-4,6,8,11H2,1H3. The van der Waals surface area contributed by atoms with Crippen molar-refractivity contribution in [2.75, 3.05) is 13.6 Å². The molecular formula is C17H22ClNO. The molecule has 0 amide bonds. The average Bonchev–Trinajstić information content (AvgIpc) is 2.74. The Morgan fingerprint density at radius 3 is 2.90 bits per heavy atom. The average molecular weight is 292 g/mol. The van der Waals surface area contributed by atoms with Crippen LogP contribution in [0.25, 0.3) is 11.0 Å². The van der Waals surface area contributed by atoms with E-state index in [0.717, 1.165) is 23.3 Å². The first-order valence-electron chi connectivity index (χ1n) is 7.62. The van der Waals surface area contributed by atoms with Crippen molar-refractivity contribution in [2.45, 2.75) is 38.0 Å². The molecule has 3 heteroatoms. The van der Waals surface area contributed by atoms with Crippen LogP contribution in [-0.4, -0.2) is 13.6 Å². The van der Waals surface area contributed by atoms with E-state index in [-0.39, 0.29) is 0 Å². The first kappa shape index (κ1) is 14.0. The molecule has 1 aromatic carbocycles. The minimum Gasteiger partial charge on any atom is -0.459 e. The van der Waals surface area contributed by atoms with E-state index in [1.54, 1.807) is 0 Å². The van der Waals surface area contributed by atoms with E-state index in [9.17, 15) is 0 Å². The van der Waals surface area contributed by atoms with Crippen molar-refractivity contribution < 1.29 is 4.42 Å². The molecule has 2 unspecified atom stereocenters. The summed E-state index contributed by atoms with van der Waals surface area (Å²) in [5.74, 6) is 2.31. The summed E-state index contributed by atoms with van der Waals surface area (Å²) in [6.45, 7) is 1.06. The van der Waals surface area contributed by atoms with E-state index in [1.807, 2.05) is 19.2 Å². The minimum atomic E-state index is 0.522. The minimum absolute atomic E-state index is 0.522. The van der Waals surface area contributed by atoms with Gasteiger partial charge in [0.2, 0.25) is 0 Å². The lowest BCUT2D eigenvalue weighted by molar-refractivity contribution is 0.341. The molecule has 2 atom stereocenters. The van der Waals surface area contributed by atoms with Crippen molar-refractivity contribution in [1.29, 1.82) is 0 Å². The Bertz CT molecular complexity index is 577. The molecule has 1 aliphatic rings. The van der Waals surface area contributed by atoms with Gasteiger partial charge in [0.1, 0.15) is 5.76 Å². The van der Waals surface area contributed by atoms with Crippen molar-refractivity contribution in [2.24, 2.45) is 5.92 Å². The summed E-state index contributed by atoms with van der Waals surface area (Å²) in [5, 5.41) is 5.18. The number of rotatable bonds is 3. The molecule has 0 saturated heterocycles. The van der Waals surface area contributed by atoms with Crippen molar-refractivity contribution in [3.8, 4) is 0 Å². The Hall–Kier alpha value is -0.990. The van der Waals surface area contributed by atoms with E-state index >= 15 is 0 Å². The normalized spacial score (nSPS) is 23.9. The number of furan rings is 1. The summed E-state index contributed by atoms with van der Waals surface area (Å²) < 4.78 is 6.11. The van der Waals surface area contributed by atoms with E-state index in [2.05, 4.69) is 17.4 Å². The van der Waals surface area contributed by atoms with Crippen LogP contribution in [0.1, 0.15) is 43.8 Å². The Morgan fingerprint density at radius 2 is 2.10 bits per heavy atom. The second-order valence-electron chi connectivity index (χ2n) is 5.87. The molecule has 2 aromatic rings. The molecule has 3 rings (SSSR count). The highest BCUT2D eigenvalue weighted by Gasteiger charge is 2.27. The quantitative estimate of drug-likeness (QED) is 0.808. The lowest BCUT2D eigenvalue weighted by Gasteiger charge is -2.23. The zero-order valence-electron chi connectivity index (χ0n) is 12.0. The molecule has 20 heavy (non-hydrogen) atoms. The van der Waals surface area contributed by atoms with E-state index in [4.69, 9.17) is 16.0 Å². The van der Waals surface area contributed by atoms with Crippen LogP contribution in [-0.2, 0) is 0 Å². The molecule has 1 fully saturated rings. The largest absolute Gasteiger partial charge is 0.459 e. The van der Waals surface area contributed by atoms with Crippen LogP contribution >= 0.6 is 11.6 Å². The number of benzene rings is 1. The molecule has 0 bridgehead atoms. The van der Waals surface area contributed by atoms with Crippen molar-refractivity contribution in [3.05, 3.63) is 35.0 Å². The highest BCUT2D eigenvalue weighted by molar-refractivity contribution is 6.34. The number of hydrogen-bond acceptors (Lipinski definition) is 2. The predicted octanol–water partition coefficient (Wildman–Crippen LogP) is 4.97. The Kier molecular flexibility index (Phi) is 4.32. The van der Waals surface area contributed by atoms with Gasteiger partial charge in [-0.25, -0.2) is 0 Å². The second kappa shape index (κ2) is 6.19. The van der Waals surface area contributed by atoms with Crippen LogP contribution in [0.2, 0.25) is 5.02 Å². The molecule has 0 radical (unpaired) electrons. The summed E-state index contributed by atoms with van der Waals surface area (Å²) >= 11 is 6.23. The highest BCUT2D eigenvalue weighted by atomic mass is 35.5. The Balaban J connectivity index is 1.96. The number of halogens is 1. The van der Waals surface area contributed by atoms with E-state index in [0.29, 0.717) is 16.9 Å². The van der Waals surface area contributed by atoms with Crippen molar-refractivity contribution in [1.82, 2.24) is 5.32 Å². The third kappa shape index (κ3) is 2.72. The monoisotopic (exact) mass is 291 g/mol. The zero-order valence-corrected chi connectivity index (χ0v) is 12.7. The lowest BCUT2D eigenvalue weighted by Crippen LogP contribution is -2.23. The summed E-state index contributed by atoms with van der Waals surface area (Å²) in [4.78, 5) is 0. The zero-order chi connectivity index (χ0) is 13.9. The first-order valence-corrected chi connectivity index (χ1v) is 8.00. The van der Waals surface area contributed by atoms with Gasteiger partial charge in [0.15, 0.2) is 5.58 Å². The molecule has 2 nitrogen and oxygen atoms in total. The lowest BCUT2D eigenvalue weighted by atomic mass is 9.86. The molecule has 1 N–H and O–H groups in total. The number of nitrogens with one attached hydrogen (secondary N) is 1. The molecule has 0 spiro atoms. The van der Waals surface area contributed by atoms with Crippen molar-refractivity contribution in [3.63, 3.8) is 0 Å². The molecule has 1 saturated carbocycles. The van der Waals surface area contributed by atoms with Crippen molar-refractivity contribution >= 4 is 22.6 Å². The third-order valence-electron chi connectivity index (χ3n) is 4.51. The smallest absolute Gasteiger partial charge is 0.152 e. The maximum absolute atomic E-state index is 6.23. The fourth-order valence-corrected chi connectivity index (χ4v) is 3.72. The molecule has 1 aliphatic carbocycles. The van der Waals surface area contributed by atoms with E-state index in [1.165, 1.54) is 32.1 Å². The van der Waals surface area contributed by atoms with E-state index < -0.39 is 0 Å². The third-order valence-corrected chi connectivity index (χ3v) is 4.80. The molecule has 0 aliphatic heterocycles. The second-order valence-corrected chi connectivity index (χ2v) is 6.28. The summed E-state index contributed by atoms with van der Waals surface area (Å²) in [6.07, 6.45) is 6.50. The van der Waals surface area contributed by atoms with Gasteiger partial charge >= 0.3 is 0 Å². The fraction of sp³-hybridized carbons (Fsp3) is 0.529. The predicted molar refractivity (Wildman–Crippen MR) is 84.5 cm³/mol. The molecule has 1 aromatic heterocycles. The topological polar surface area (TPSA) is 25.2 Å².